The lowest BCUT2D eigenvalue weighted by Crippen LogP contribution is -2.10. The minimum absolute atomic E-state index is 0.0889. The number of nitrogens with zero attached hydrogens (tertiary/aromatic N) is 3. The molecule has 6 heteroatoms. The summed E-state index contributed by atoms with van der Waals surface area (Å²) >= 11 is 4.79. The maximum atomic E-state index is 12.0. The van der Waals surface area contributed by atoms with Gasteiger partial charge in [0.15, 0.2) is 5.78 Å². The third kappa shape index (κ3) is 3.01. The zero-order valence-corrected chi connectivity index (χ0v) is 11.8. The molecule has 0 aliphatic heterocycles. The summed E-state index contributed by atoms with van der Waals surface area (Å²) in [5, 5.41) is 6.01. The summed E-state index contributed by atoms with van der Waals surface area (Å²) in [7, 11) is 0. The summed E-state index contributed by atoms with van der Waals surface area (Å²) in [5.41, 5.74) is 0. The summed E-state index contributed by atoms with van der Waals surface area (Å²) in [6.45, 7) is 2.88. The van der Waals surface area contributed by atoms with Crippen molar-refractivity contribution in [3.8, 4) is 0 Å². The quantitative estimate of drug-likeness (QED) is 0.797. The first-order chi connectivity index (χ1) is 8.20. The van der Waals surface area contributed by atoms with E-state index >= 15 is 0 Å². The standard InChI is InChI=1S/C11H12BrN3OS/c1-2-3-15-11(13-7-14-15)5-9(16)10-4-8(12)6-17-10/h4,6-7H,2-3,5H2,1H3. The second-order valence-corrected chi connectivity index (χ2v) is 5.46. The normalized spacial score (nSPS) is 10.7. The number of aromatic nitrogens is 3. The molecule has 2 rings (SSSR count). The van der Waals surface area contributed by atoms with E-state index in [1.165, 1.54) is 17.7 Å². The lowest BCUT2D eigenvalue weighted by atomic mass is 10.2. The van der Waals surface area contributed by atoms with E-state index < -0.39 is 0 Å². The van der Waals surface area contributed by atoms with Gasteiger partial charge in [-0.3, -0.25) is 4.79 Å². The molecule has 0 N–H and O–H groups in total. The number of halogens is 1. The van der Waals surface area contributed by atoms with E-state index in [0.717, 1.165) is 28.1 Å². The fraction of sp³-hybridized carbons (Fsp3) is 0.364. The third-order valence-corrected chi connectivity index (χ3v) is 4.02. The van der Waals surface area contributed by atoms with Crippen LogP contribution in [0.2, 0.25) is 0 Å². The maximum absolute atomic E-state index is 12.0. The number of hydrogen-bond donors (Lipinski definition) is 0. The number of ketones is 1. The average Bonchev–Trinajstić information content (AvgIpc) is 2.89. The molecule has 0 aliphatic rings. The molecule has 0 unspecified atom stereocenters. The zero-order chi connectivity index (χ0) is 12.3. The molecule has 17 heavy (non-hydrogen) atoms. The Morgan fingerprint density at radius 3 is 3.06 bits per heavy atom. The number of rotatable bonds is 5. The Bertz CT molecular complexity index is 520. The van der Waals surface area contributed by atoms with Gasteiger partial charge in [-0.25, -0.2) is 9.67 Å². The first-order valence-corrected chi connectivity index (χ1v) is 7.02. The molecule has 0 aromatic carbocycles. The Labute approximate surface area is 112 Å². The highest BCUT2D eigenvalue weighted by Crippen LogP contribution is 2.21. The highest BCUT2D eigenvalue weighted by Gasteiger charge is 2.13. The Balaban J connectivity index is 2.10. The van der Waals surface area contributed by atoms with Crippen LogP contribution in [0.25, 0.3) is 0 Å². The molecule has 0 aliphatic carbocycles. The Morgan fingerprint density at radius 1 is 1.59 bits per heavy atom. The Morgan fingerprint density at radius 2 is 2.41 bits per heavy atom. The summed E-state index contributed by atoms with van der Waals surface area (Å²) in [4.78, 5) is 16.9. The molecule has 2 aromatic heterocycles. The summed E-state index contributed by atoms with van der Waals surface area (Å²) in [6, 6.07) is 1.84. The van der Waals surface area contributed by atoms with Gasteiger partial charge in [0.1, 0.15) is 12.2 Å². The second-order valence-electron chi connectivity index (χ2n) is 3.63. The van der Waals surface area contributed by atoms with Crippen LogP contribution in [0, 0.1) is 0 Å². The van der Waals surface area contributed by atoms with Gasteiger partial charge in [0.2, 0.25) is 0 Å². The third-order valence-electron chi connectivity index (χ3n) is 2.29. The second kappa shape index (κ2) is 5.55. The van der Waals surface area contributed by atoms with E-state index in [-0.39, 0.29) is 5.78 Å². The molecule has 0 spiro atoms. The monoisotopic (exact) mass is 313 g/mol. The van der Waals surface area contributed by atoms with Gasteiger partial charge in [0.25, 0.3) is 0 Å². The fourth-order valence-corrected chi connectivity index (χ4v) is 2.88. The smallest absolute Gasteiger partial charge is 0.180 e. The fourth-order valence-electron chi connectivity index (χ4n) is 1.51. The number of thiophene rings is 1. The van der Waals surface area contributed by atoms with E-state index in [0.29, 0.717) is 6.42 Å². The van der Waals surface area contributed by atoms with E-state index in [4.69, 9.17) is 0 Å². The molecular formula is C11H12BrN3OS. The topological polar surface area (TPSA) is 47.8 Å². The van der Waals surface area contributed by atoms with Crippen molar-refractivity contribution in [3.05, 3.63) is 32.9 Å². The SMILES string of the molecule is CCCn1ncnc1CC(=O)c1cc(Br)cs1. The van der Waals surface area contributed by atoms with Crippen LogP contribution in [0.3, 0.4) is 0 Å². The van der Waals surface area contributed by atoms with Crippen LogP contribution in [0.1, 0.15) is 28.8 Å². The highest BCUT2D eigenvalue weighted by atomic mass is 79.9. The van der Waals surface area contributed by atoms with Crippen LogP contribution >= 0.6 is 27.3 Å². The molecule has 90 valence electrons. The number of carbonyl (C=O) groups is 1. The molecule has 2 aromatic rings. The molecule has 0 radical (unpaired) electrons. The van der Waals surface area contributed by atoms with Crippen LogP contribution in [-0.2, 0) is 13.0 Å². The van der Waals surface area contributed by atoms with Crippen LogP contribution in [-0.4, -0.2) is 20.5 Å². The number of Topliss-reactive ketones (excluding diaryl/α,β-unsaturated/α-hetero) is 1. The highest BCUT2D eigenvalue weighted by molar-refractivity contribution is 9.10. The van der Waals surface area contributed by atoms with Crippen molar-refractivity contribution in [1.29, 1.82) is 0 Å². The molecule has 0 bridgehead atoms. The van der Waals surface area contributed by atoms with Crippen LogP contribution in [0.5, 0.6) is 0 Å². The van der Waals surface area contributed by atoms with Gasteiger partial charge in [-0.1, -0.05) is 6.92 Å². The first kappa shape index (κ1) is 12.4. The van der Waals surface area contributed by atoms with Crippen molar-refractivity contribution >= 4 is 33.0 Å². The van der Waals surface area contributed by atoms with E-state index in [9.17, 15) is 4.79 Å². The molecule has 0 saturated carbocycles. The minimum Gasteiger partial charge on any atom is -0.293 e. The van der Waals surface area contributed by atoms with E-state index in [1.807, 2.05) is 11.4 Å². The number of carbonyl (C=O) groups excluding carboxylic acids is 1. The Hall–Kier alpha value is -1.01. The largest absolute Gasteiger partial charge is 0.293 e. The molecule has 2 heterocycles. The van der Waals surface area contributed by atoms with Gasteiger partial charge >= 0.3 is 0 Å². The van der Waals surface area contributed by atoms with Gasteiger partial charge in [0, 0.05) is 16.4 Å². The van der Waals surface area contributed by atoms with Gasteiger partial charge in [-0.05, 0) is 28.4 Å². The van der Waals surface area contributed by atoms with Crippen molar-refractivity contribution < 1.29 is 4.79 Å². The summed E-state index contributed by atoms with van der Waals surface area (Å²) in [5.74, 6) is 0.826. The predicted octanol–water partition coefficient (Wildman–Crippen LogP) is 2.94. The van der Waals surface area contributed by atoms with Crippen molar-refractivity contribution in [2.45, 2.75) is 26.3 Å². The summed E-state index contributed by atoms with van der Waals surface area (Å²) in [6.07, 6.45) is 2.80. The van der Waals surface area contributed by atoms with E-state index in [1.54, 1.807) is 4.68 Å². The van der Waals surface area contributed by atoms with E-state index in [2.05, 4.69) is 32.9 Å². The van der Waals surface area contributed by atoms with Crippen molar-refractivity contribution in [2.75, 3.05) is 0 Å². The van der Waals surface area contributed by atoms with Crippen LogP contribution in [0.15, 0.2) is 22.2 Å². The molecule has 0 saturated heterocycles. The number of hydrogen-bond acceptors (Lipinski definition) is 4. The van der Waals surface area contributed by atoms with Crippen LogP contribution < -0.4 is 0 Å². The van der Waals surface area contributed by atoms with Gasteiger partial charge < -0.3 is 0 Å². The predicted molar refractivity (Wildman–Crippen MR) is 70.4 cm³/mol. The molecule has 0 fully saturated rings. The molecule has 0 amide bonds. The maximum Gasteiger partial charge on any atom is 0.180 e. The first-order valence-electron chi connectivity index (χ1n) is 5.34. The lowest BCUT2D eigenvalue weighted by Gasteiger charge is -2.02. The Kier molecular flexibility index (Phi) is 4.06. The van der Waals surface area contributed by atoms with Gasteiger partial charge in [-0.15, -0.1) is 11.3 Å². The minimum atomic E-state index is 0.0889. The van der Waals surface area contributed by atoms with Gasteiger partial charge in [-0.2, -0.15) is 5.10 Å². The van der Waals surface area contributed by atoms with Crippen molar-refractivity contribution in [2.24, 2.45) is 0 Å². The summed E-state index contributed by atoms with van der Waals surface area (Å²) < 4.78 is 2.74. The zero-order valence-electron chi connectivity index (χ0n) is 9.39. The molecule has 0 atom stereocenters. The van der Waals surface area contributed by atoms with Crippen molar-refractivity contribution in [1.82, 2.24) is 14.8 Å². The van der Waals surface area contributed by atoms with Crippen molar-refractivity contribution in [3.63, 3.8) is 0 Å². The molecule has 4 nitrogen and oxygen atoms in total. The average molecular weight is 314 g/mol. The lowest BCUT2D eigenvalue weighted by molar-refractivity contribution is 0.0993. The molecular weight excluding hydrogens is 302 g/mol. The number of aryl methyl sites for hydroxylation is 1. The van der Waals surface area contributed by atoms with Crippen LogP contribution in [0.4, 0.5) is 0 Å². The van der Waals surface area contributed by atoms with Gasteiger partial charge in [0.05, 0.1) is 11.3 Å².